The molecule has 0 spiro atoms. The summed E-state index contributed by atoms with van der Waals surface area (Å²) in [6.45, 7) is 5.48. The molecule has 0 bridgehead atoms. The van der Waals surface area contributed by atoms with E-state index in [4.69, 9.17) is 10.5 Å². The van der Waals surface area contributed by atoms with Crippen molar-refractivity contribution in [2.45, 2.75) is 51.4 Å². The standard InChI is InChI=1S/C30H38N4O2/c1-24(34(21-25-11-4-2-5-12-25)22-26-13-6-3-7-14-26)23-36-30(35)33-19-10-15-27(18-20-33)32-29-17-9-8-16-28(29)31/h2-9,11-14,16-17,24,27,32H,10,15,18-23,31H2,1H3/t24-,27?/m0/s1. The fourth-order valence-corrected chi connectivity index (χ4v) is 4.66. The van der Waals surface area contributed by atoms with Crippen LogP contribution in [0.15, 0.2) is 84.9 Å². The van der Waals surface area contributed by atoms with Crippen LogP contribution in [0.4, 0.5) is 16.2 Å². The second kappa shape index (κ2) is 13.0. The summed E-state index contributed by atoms with van der Waals surface area (Å²) in [5.41, 5.74) is 10.3. The fraction of sp³-hybridized carbons (Fsp3) is 0.367. The average molecular weight is 487 g/mol. The molecular formula is C30H38N4O2. The zero-order chi connectivity index (χ0) is 25.2. The van der Waals surface area contributed by atoms with Crippen molar-refractivity contribution in [3.63, 3.8) is 0 Å². The lowest BCUT2D eigenvalue weighted by atomic mass is 10.1. The first-order valence-corrected chi connectivity index (χ1v) is 12.9. The number of nitrogens with zero attached hydrogens (tertiary/aromatic N) is 2. The first kappa shape index (κ1) is 25.6. The average Bonchev–Trinajstić information content (AvgIpc) is 3.15. The lowest BCUT2D eigenvalue weighted by Crippen LogP contribution is -2.39. The third kappa shape index (κ3) is 7.49. The van der Waals surface area contributed by atoms with Gasteiger partial charge in [0.05, 0.1) is 11.4 Å². The van der Waals surface area contributed by atoms with Gasteiger partial charge in [0.1, 0.15) is 6.61 Å². The summed E-state index contributed by atoms with van der Waals surface area (Å²) in [6, 6.07) is 29.1. The molecule has 1 saturated heterocycles. The van der Waals surface area contributed by atoms with Crippen LogP contribution in [0.1, 0.15) is 37.3 Å². The molecule has 1 unspecified atom stereocenters. The van der Waals surface area contributed by atoms with Crippen molar-refractivity contribution in [2.24, 2.45) is 0 Å². The highest BCUT2D eigenvalue weighted by molar-refractivity contribution is 5.68. The number of nitrogens with one attached hydrogen (secondary N) is 1. The summed E-state index contributed by atoms with van der Waals surface area (Å²) in [5.74, 6) is 0. The number of carbonyl (C=O) groups excluding carboxylic acids is 1. The maximum Gasteiger partial charge on any atom is 0.409 e. The number of amides is 1. The largest absolute Gasteiger partial charge is 0.448 e. The van der Waals surface area contributed by atoms with Gasteiger partial charge in [-0.3, -0.25) is 4.90 Å². The zero-order valence-corrected chi connectivity index (χ0v) is 21.2. The zero-order valence-electron chi connectivity index (χ0n) is 21.2. The predicted octanol–water partition coefficient (Wildman–Crippen LogP) is 5.76. The van der Waals surface area contributed by atoms with E-state index in [0.29, 0.717) is 25.7 Å². The van der Waals surface area contributed by atoms with Crippen LogP contribution in [0, 0.1) is 0 Å². The molecule has 0 aromatic heterocycles. The summed E-state index contributed by atoms with van der Waals surface area (Å²) in [4.78, 5) is 17.2. The van der Waals surface area contributed by atoms with Crippen LogP contribution in [0.5, 0.6) is 0 Å². The summed E-state index contributed by atoms with van der Waals surface area (Å²) in [7, 11) is 0. The lowest BCUT2D eigenvalue weighted by molar-refractivity contribution is 0.0648. The van der Waals surface area contributed by atoms with E-state index in [2.05, 4.69) is 65.7 Å². The van der Waals surface area contributed by atoms with E-state index in [9.17, 15) is 4.79 Å². The minimum Gasteiger partial charge on any atom is -0.448 e. The number of rotatable bonds is 9. The van der Waals surface area contributed by atoms with Crippen molar-refractivity contribution < 1.29 is 9.53 Å². The molecule has 4 rings (SSSR count). The first-order chi connectivity index (χ1) is 17.6. The third-order valence-corrected chi connectivity index (χ3v) is 6.84. The molecule has 190 valence electrons. The Morgan fingerprint density at radius 1 is 0.944 bits per heavy atom. The Hall–Kier alpha value is -3.51. The van der Waals surface area contributed by atoms with Crippen LogP contribution in [0.2, 0.25) is 0 Å². The molecule has 36 heavy (non-hydrogen) atoms. The van der Waals surface area contributed by atoms with Gasteiger partial charge in [0.15, 0.2) is 0 Å². The van der Waals surface area contributed by atoms with Gasteiger partial charge >= 0.3 is 6.09 Å². The molecule has 0 aliphatic carbocycles. The van der Waals surface area contributed by atoms with Crippen LogP contribution in [0.3, 0.4) is 0 Å². The van der Waals surface area contributed by atoms with Gasteiger partial charge in [0.25, 0.3) is 0 Å². The Kier molecular flexibility index (Phi) is 9.22. The Morgan fingerprint density at radius 3 is 2.19 bits per heavy atom. The second-order valence-electron chi connectivity index (χ2n) is 9.65. The van der Waals surface area contributed by atoms with E-state index in [0.717, 1.165) is 43.7 Å². The number of anilines is 2. The molecule has 1 heterocycles. The topological polar surface area (TPSA) is 70.8 Å². The molecule has 3 aromatic rings. The van der Waals surface area contributed by atoms with Crippen molar-refractivity contribution >= 4 is 17.5 Å². The van der Waals surface area contributed by atoms with Gasteiger partial charge in [0, 0.05) is 38.3 Å². The Morgan fingerprint density at radius 2 is 1.56 bits per heavy atom. The monoisotopic (exact) mass is 486 g/mol. The number of hydrogen-bond acceptors (Lipinski definition) is 5. The van der Waals surface area contributed by atoms with Crippen LogP contribution in [0.25, 0.3) is 0 Å². The summed E-state index contributed by atoms with van der Waals surface area (Å²) < 4.78 is 5.83. The molecule has 3 N–H and O–H groups in total. The van der Waals surface area contributed by atoms with E-state index in [1.807, 2.05) is 41.3 Å². The van der Waals surface area contributed by atoms with E-state index in [1.165, 1.54) is 11.1 Å². The smallest absolute Gasteiger partial charge is 0.409 e. The van der Waals surface area contributed by atoms with Gasteiger partial charge in [-0.15, -0.1) is 0 Å². The van der Waals surface area contributed by atoms with E-state index >= 15 is 0 Å². The van der Waals surface area contributed by atoms with Crippen molar-refractivity contribution in [2.75, 3.05) is 30.7 Å². The van der Waals surface area contributed by atoms with E-state index < -0.39 is 0 Å². The summed E-state index contributed by atoms with van der Waals surface area (Å²) in [6.07, 6.45) is 2.58. The van der Waals surface area contributed by atoms with Crippen LogP contribution in [-0.2, 0) is 17.8 Å². The molecule has 3 aromatic carbocycles. The van der Waals surface area contributed by atoms with Crippen LogP contribution < -0.4 is 11.1 Å². The molecule has 0 radical (unpaired) electrons. The van der Waals surface area contributed by atoms with Gasteiger partial charge in [-0.1, -0.05) is 72.8 Å². The molecule has 6 nitrogen and oxygen atoms in total. The van der Waals surface area contributed by atoms with Gasteiger partial charge in [-0.2, -0.15) is 0 Å². The second-order valence-corrected chi connectivity index (χ2v) is 9.65. The first-order valence-electron chi connectivity index (χ1n) is 12.9. The number of nitrogens with two attached hydrogens (primary N) is 1. The normalized spacial score (nSPS) is 16.8. The number of ether oxygens (including phenoxy) is 1. The van der Waals surface area contributed by atoms with Crippen molar-refractivity contribution in [1.29, 1.82) is 0 Å². The predicted molar refractivity (Wildman–Crippen MR) is 147 cm³/mol. The van der Waals surface area contributed by atoms with E-state index in [1.54, 1.807) is 0 Å². The summed E-state index contributed by atoms with van der Waals surface area (Å²) >= 11 is 0. The van der Waals surface area contributed by atoms with Gasteiger partial charge in [0.2, 0.25) is 0 Å². The maximum atomic E-state index is 13.0. The van der Waals surface area contributed by atoms with Crippen molar-refractivity contribution in [1.82, 2.24) is 9.80 Å². The maximum absolute atomic E-state index is 13.0. The number of carbonyl (C=O) groups is 1. The fourth-order valence-electron chi connectivity index (χ4n) is 4.66. The van der Waals surface area contributed by atoms with Crippen LogP contribution in [-0.4, -0.2) is 47.7 Å². The SMILES string of the molecule is C[C@@H](COC(=O)N1CCCC(Nc2ccccc2N)CC1)N(Cc1ccccc1)Cc1ccccc1. The van der Waals surface area contributed by atoms with Gasteiger partial charge in [-0.25, -0.2) is 4.79 Å². The van der Waals surface area contributed by atoms with E-state index in [-0.39, 0.29) is 12.1 Å². The molecule has 1 amide bonds. The minimum atomic E-state index is -0.221. The number of para-hydroxylation sites is 2. The van der Waals surface area contributed by atoms with Crippen molar-refractivity contribution in [3.05, 3.63) is 96.1 Å². The molecule has 6 heteroatoms. The number of hydrogen-bond donors (Lipinski definition) is 2. The Labute approximate surface area is 215 Å². The molecule has 0 saturated carbocycles. The summed E-state index contributed by atoms with van der Waals surface area (Å²) in [5, 5.41) is 3.55. The molecule has 2 atom stereocenters. The van der Waals surface area contributed by atoms with Crippen LogP contribution >= 0.6 is 0 Å². The molecule has 1 fully saturated rings. The van der Waals surface area contributed by atoms with Gasteiger partial charge < -0.3 is 20.7 Å². The third-order valence-electron chi connectivity index (χ3n) is 6.84. The Bertz CT molecular complexity index is 1040. The number of likely N-dealkylation sites (tertiary alicyclic amines) is 1. The number of benzene rings is 3. The highest BCUT2D eigenvalue weighted by Gasteiger charge is 2.23. The molecule has 1 aliphatic rings. The Balaban J connectivity index is 1.30. The highest BCUT2D eigenvalue weighted by atomic mass is 16.6. The van der Waals surface area contributed by atoms with Gasteiger partial charge in [-0.05, 0) is 49.4 Å². The lowest BCUT2D eigenvalue weighted by Gasteiger charge is -2.30. The quantitative estimate of drug-likeness (QED) is 0.376. The molecular weight excluding hydrogens is 448 g/mol. The van der Waals surface area contributed by atoms with Crippen molar-refractivity contribution in [3.8, 4) is 0 Å². The minimum absolute atomic E-state index is 0.0804. The number of nitrogen functional groups attached to an aromatic ring is 1. The molecule has 1 aliphatic heterocycles. The highest BCUT2D eigenvalue weighted by Crippen LogP contribution is 2.22.